The minimum absolute atomic E-state index is 0.0567. The molecule has 0 aliphatic carbocycles. The zero-order valence-corrected chi connectivity index (χ0v) is 15.8. The predicted octanol–water partition coefficient (Wildman–Crippen LogP) is 5.20. The summed E-state index contributed by atoms with van der Waals surface area (Å²) in [4.78, 5) is 14.6. The number of carbonyl (C=O) groups excluding carboxylic acids is 1. The molecule has 0 saturated carbocycles. The Kier molecular flexibility index (Phi) is 5.13. The number of hydrogen-bond donors (Lipinski definition) is 0. The maximum absolute atomic E-state index is 13.4. The third-order valence-electron chi connectivity index (χ3n) is 3.68. The Morgan fingerprint density at radius 1 is 1.28 bits per heavy atom. The molecular weight excluding hydrogens is 381 g/mol. The number of benzene rings is 2. The van der Waals surface area contributed by atoms with Gasteiger partial charge < -0.3 is 4.74 Å². The lowest BCUT2D eigenvalue weighted by Gasteiger charge is -2.14. The molecule has 2 aromatic rings. The smallest absolute Gasteiger partial charge is 0.270 e. The molecular formula is C18H13ClFNO2S2. The Hall–Kier alpha value is -1.89. The van der Waals surface area contributed by atoms with Crippen molar-refractivity contribution in [1.29, 1.82) is 0 Å². The molecule has 1 amide bonds. The van der Waals surface area contributed by atoms with Crippen LogP contribution in [0.5, 0.6) is 5.75 Å². The van der Waals surface area contributed by atoms with Crippen LogP contribution in [-0.4, -0.2) is 17.3 Å². The van der Waals surface area contributed by atoms with E-state index in [1.807, 2.05) is 25.1 Å². The van der Waals surface area contributed by atoms with Crippen molar-refractivity contribution in [2.75, 3.05) is 12.0 Å². The summed E-state index contributed by atoms with van der Waals surface area (Å²) in [6.07, 6.45) is 1.76. The van der Waals surface area contributed by atoms with Crippen LogP contribution in [0.15, 0.2) is 41.3 Å². The van der Waals surface area contributed by atoms with Gasteiger partial charge >= 0.3 is 0 Å². The van der Waals surface area contributed by atoms with Crippen LogP contribution in [-0.2, 0) is 4.79 Å². The monoisotopic (exact) mass is 393 g/mol. The van der Waals surface area contributed by atoms with Crippen molar-refractivity contribution in [2.45, 2.75) is 6.92 Å². The van der Waals surface area contributed by atoms with Crippen LogP contribution in [0.25, 0.3) is 6.08 Å². The van der Waals surface area contributed by atoms with E-state index in [0.29, 0.717) is 14.9 Å². The summed E-state index contributed by atoms with van der Waals surface area (Å²) in [6.45, 7) is 1.94. The average molecular weight is 394 g/mol. The van der Waals surface area contributed by atoms with Crippen LogP contribution < -0.4 is 9.64 Å². The number of methoxy groups -OCH3 is 1. The van der Waals surface area contributed by atoms with Gasteiger partial charge in [0.1, 0.15) is 11.6 Å². The largest absolute Gasteiger partial charge is 0.496 e. The molecule has 0 bridgehead atoms. The zero-order chi connectivity index (χ0) is 18.1. The number of ether oxygens (including phenoxy) is 1. The average Bonchev–Trinajstić information content (AvgIpc) is 2.86. The minimum atomic E-state index is -0.543. The summed E-state index contributed by atoms with van der Waals surface area (Å²) < 4.78 is 19.0. The van der Waals surface area contributed by atoms with Gasteiger partial charge in [-0.2, -0.15) is 0 Å². The van der Waals surface area contributed by atoms with E-state index in [2.05, 4.69) is 0 Å². The van der Waals surface area contributed by atoms with Crippen molar-refractivity contribution in [3.8, 4) is 5.75 Å². The number of anilines is 1. The highest BCUT2D eigenvalue weighted by Gasteiger charge is 2.33. The first-order valence-electron chi connectivity index (χ1n) is 7.28. The Morgan fingerprint density at radius 3 is 2.72 bits per heavy atom. The molecule has 7 heteroatoms. The van der Waals surface area contributed by atoms with Gasteiger partial charge in [0.15, 0.2) is 4.32 Å². The predicted molar refractivity (Wildman–Crippen MR) is 105 cm³/mol. The highest BCUT2D eigenvalue weighted by molar-refractivity contribution is 8.27. The fourth-order valence-electron chi connectivity index (χ4n) is 2.39. The van der Waals surface area contributed by atoms with E-state index < -0.39 is 5.82 Å². The molecule has 0 radical (unpaired) electrons. The van der Waals surface area contributed by atoms with Crippen molar-refractivity contribution < 1.29 is 13.9 Å². The van der Waals surface area contributed by atoms with Crippen molar-refractivity contribution >= 4 is 57.6 Å². The second-order valence-electron chi connectivity index (χ2n) is 5.34. The first kappa shape index (κ1) is 17.9. The lowest BCUT2D eigenvalue weighted by molar-refractivity contribution is -0.113. The number of hydrogen-bond acceptors (Lipinski definition) is 4. The number of carbonyl (C=O) groups is 1. The van der Waals surface area contributed by atoms with Crippen LogP contribution in [0.3, 0.4) is 0 Å². The quantitative estimate of drug-likeness (QED) is 0.529. The number of aryl methyl sites for hydroxylation is 1. The normalized spacial score (nSPS) is 16.0. The Morgan fingerprint density at radius 2 is 2.04 bits per heavy atom. The highest BCUT2D eigenvalue weighted by Crippen LogP contribution is 2.37. The zero-order valence-electron chi connectivity index (χ0n) is 13.4. The van der Waals surface area contributed by atoms with Crippen molar-refractivity contribution in [2.24, 2.45) is 0 Å². The van der Waals surface area contributed by atoms with E-state index in [9.17, 15) is 9.18 Å². The van der Waals surface area contributed by atoms with E-state index in [1.54, 1.807) is 13.2 Å². The lowest BCUT2D eigenvalue weighted by atomic mass is 10.1. The van der Waals surface area contributed by atoms with Gasteiger partial charge in [-0.1, -0.05) is 47.7 Å². The maximum Gasteiger partial charge on any atom is 0.270 e. The van der Waals surface area contributed by atoms with Gasteiger partial charge in [-0.3, -0.25) is 9.69 Å². The highest BCUT2D eigenvalue weighted by atomic mass is 35.5. The summed E-state index contributed by atoms with van der Waals surface area (Å²) in [5.74, 6) is -0.0649. The van der Waals surface area contributed by atoms with Crippen LogP contribution >= 0.6 is 35.6 Å². The molecule has 128 valence electrons. The summed E-state index contributed by atoms with van der Waals surface area (Å²) in [6, 6.07) is 9.76. The lowest BCUT2D eigenvalue weighted by Crippen LogP contribution is -2.27. The molecule has 0 N–H and O–H groups in total. The van der Waals surface area contributed by atoms with Crippen molar-refractivity contribution in [1.82, 2.24) is 0 Å². The maximum atomic E-state index is 13.4. The molecule has 0 aromatic heterocycles. The molecule has 1 aliphatic rings. The minimum Gasteiger partial charge on any atom is -0.496 e. The third kappa shape index (κ3) is 3.56. The standard InChI is InChI=1S/C18H13ClFNO2S2/c1-10-3-4-11(7-15(10)23-2)8-16-17(22)21(18(24)25-16)12-5-6-14(20)13(19)9-12/h3-9H,1-2H3/b16-8+. The number of thioether (sulfide) groups is 1. The number of thiocarbonyl (C=S) groups is 1. The molecule has 2 aromatic carbocycles. The first-order chi connectivity index (χ1) is 11.9. The number of amides is 1. The third-order valence-corrected chi connectivity index (χ3v) is 5.28. The SMILES string of the molecule is COc1cc(/C=C2/SC(=S)N(c3ccc(F)c(Cl)c3)C2=O)ccc1C. The molecule has 1 heterocycles. The Bertz CT molecular complexity index is 914. The van der Waals surface area contributed by atoms with E-state index in [0.717, 1.165) is 16.9 Å². The van der Waals surface area contributed by atoms with Gasteiger partial charge in [0, 0.05) is 0 Å². The molecule has 0 spiro atoms. The molecule has 3 rings (SSSR count). The van der Waals surface area contributed by atoms with Crippen LogP contribution in [0.1, 0.15) is 11.1 Å². The number of nitrogens with zero attached hydrogens (tertiary/aromatic N) is 1. The number of rotatable bonds is 3. The Labute approximate surface area is 159 Å². The molecule has 3 nitrogen and oxygen atoms in total. The summed E-state index contributed by atoms with van der Waals surface area (Å²) in [5, 5.41) is -0.0567. The molecule has 0 atom stereocenters. The van der Waals surface area contributed by atoms with E-state index >= 15 is 0 Å². The second-order valence-corrected chi connectivity index (χ2v) is 7.43. The molecule has 1 fully saturated rings. The Balaban J connectivity index is 1.94. The molecule has 0 unspecified atom stereocenters. The molecule has 1 aliphatic heterocycles. The van der Waals surface area contributed by atoms with Gasteiger partial charge in [0.25, 0.3) is 5.91 Å². The number of halogens is 2. The van der Waals surface area contributed by atoms with E-state index in [-0.39, 0.29) is 10.9 Å². The van der Waals surface area contributed by atoms with Crippen molar-refractivity contribution in [3.05, 3.63) is 63.3 Å². The van der Waals surface area contributed by atoms with Crippen LogP contribution in [0.2, 0.25) is 5.02 Å². The van der Waals surface area contributed by atoms with Gasteiger partial charge in [0.2, 0.25) is 0 Å². The van der Waals surface area contributed by atoms with E-state index in [1.165, 1.54) is 34.9 Å². The molecule has 1 saturated heterocycles. The van der Waals surface area contributed by atoms with E-state index in [4.69, 9.17) is 28.6 Å². The first-order valence-corrected chi connectivity index (χ1v) is 8.88. The molecule has 25 heavy (non-hydrogen) atoms. The second kappa shape index (κ2) is 7.15. The van der Waals surface area contributed by atoms with Crippen molar-refractivity contribution in [3.63, 3.8) is 0 Å². The van der Waals surface area contributed by atoms with Gasteiger partial charge in [-0.25, -0.2) is 4.39 Å². The van der Waals surface area contributed by atoms with Crippen LogP contribution in [0.4, 0.5) is 10.1 Å². The van der Waals surface area contributed by atoms with Gasteiger partial charge in [-0.15, -0.1) is 0 Å². The van der Waals surface area contributed by atoms with Crippen LogP contribution in [0, 0.1) is 12.7 Å². The fraction of sp³-hybridized carbons (Fsp3) is 0.111. The summed E-state index contributed by atoms with van der Waals surface area (Å²) >= 11 is 12.3. The topological polar surface area (TPSA) is 29.5 Å². The van der Waals surface area contributed by atoms with Gasteiger partial charge in [-0.05, 0) is 48.4 Å². The summed E-state index contributed by atoms with van der Waals surface area (Å²) in [5.41, 5.74) is 2.28. The summed E-state index contributed by atoms with van der Waals surface area (Å²) in [7, 11) is 1.60. The van der Waals surface area contributed by atoms with Gasteiger partial charge in [0.05, 0.1) is 22.7 Å². The fourth-order valence-corrected chi connectivity index (χ4v) is 3.87.